The van der Waals surface area contributed by atoms with E-state index in [0.717, 1.165) is 24.0 Å². The summed E-state index contributed by atoms with van der Waals surface area (Å²) in [6.45, 7) is 2.08. The lowest BCUT2D eigenvalue weighted by Gasteiger charge is -2.25. The van der Waals surface area contributed by atoms with Gasteiger partial charge in [0, 0.05) is 29.9 Å². The van der Waals surface area contributed by atoms with E-state index in [1.807, 2.05) is 12.1 Å². The first-order valence-electron chi connectivity index (χ1n) is 8.33. The molecule has 0 bridgehead atoms. The number of ketones is 1. The van der Waals surface area contributed by atoms with Gasteiger partial charge in [-0.1, -0.05) is 18.5 Å². The highest BCUT2D eigenvalue weighted by atomic mass is 16.5. The van der Waals surface area contributed by atoms with E-state index in [4.69, 9.17) is 9.26 Å². The number of carbonyl (C=O) groups excluding carboxylic acids is 1. The van der Waals surface area contributed by atoms with Crippen molar-refractivity contribution in [1.29, 1.82) is 0 Å². The van der Waals surface area contributed by atoms with Crippen molar-refractivity contribution in [1.82, 2.24) is 15.1 Å². The van der Waals surface area contributed by atoms with Crippen molar-refractivity contribution in [2.45, 2.75) is 32.3 Å². The quantitative estimate of drug-likeness (QED) is 0.719. The van der Waals surface area contributed by atoms with Gasteiger partial charge < -0.3 is 9.26 Å². The van der Waals surface area contributed by atoms with Crippen LogP contribution < -0.4 is 4.74 Å². The maximum absolute atomic E-state index is 12.3. The third-order valence-corrected chi connectivity index (χ3v) is 4.19. The van der Waals surface area contributed by atoms with Crippen molar-refractivity contribution in [3.05, 3.63) is 48.3 Å². The summed E-state index contributed by atoms with van der Waals surface area (Å²) in [4.78, 5) is 20.7. The van der Waals surface area contributed by atoms with E-state index >= 15 is 0 Å². The van der Waals surface area contributed by atoms with E-state index in [1.165, 1.54) is 0 Å². The molecule has 0 radical (unpaired) electrons. The molecule has 1 aliphatic heterocycles. The zero-order valence-corrected chi connectivity index (χ0v) is 13.8. The molecule has 0 fully saturated rings. The Morgan fingerprint density at radius 1 is 1.24 bits per heavy atom. The summed E-state index contributed by atoms with van der Waals surface area (Å²) in [7, 11) is 0. The van der Waals surface area contributed by atoms with Crippen LogP contribution in [-0.4, -0.2) is 27.0 Å². The highest BCUT2D eigenvalue weighted by Gasteiger charge is 2.26. The second-order valence-corrected chi connectivity index (χ2v) is 6.03. The molecule has 1 aliphatic rings. The normalized spacial score (nSPS) is 16.4. The molecule has 0 spiro atoms. The Bertz CT molecular complexity index is 905. The topological polar surface area (TPSA) is 78.1 Å². The van der Waals surface area contributed by atoms with Gasteiger partial charge in [-0.15, -0.1) is 0 Å². The summed E-state index contributed by atoms with van der Waals surface area (Å²) < 4.78 is 11.3. The van der Waals surface area contributed by atoms with Crippen LogP contribution in [0.5, 0.6) is 5.75 Å². The lowest BCUT2D eigenvalue weighted by Crippen LogP contribution is -2.26. The minimum Gasteiger partial charge on any atom is -0.489 e. The van der Waals surface area contributed by atoms with Crippen molar-refractivity contribution < 1.29 is 14.1 Å². The summed E-state index contributed by atoms with van der Waals surface area (Å²) in [5, 5.41) is 4.00. The van der Waals surface area contributed by atoms with E-state index in [2.05, 4.69) is 22.0 Å². The average Bonchev–Trinajstić information content (AvgIpc) is 3.12. The number of benzene rings is 1. The van der Waals surface area contributed by atoms with E-state index in [-0.39, 0.29) is 11.9 Å². The van der Waals surface area contributed by atoms with Crippen LogP contribution in [0.3, 0.4) is 0 Å². The molecule has 2 aromatic heterocycles. The molecule has 1 unspecified atom stereocenters. The van der Waals surface area contributed by atoms with Crippen molar-refractivity contribution >= 4 is 5.78 Å². The smallest absolute Gasteiger partial charge is 0.258 e. The molecular formula is C19H17N3O3. The van der Waals surface area contributed by atoms with E-state index < -0.39 is 0 Å². The summed E-state index contributed by atoms with van der Waals surface area (Å²) in [6.07, 6.45) is 5.58. The average molecular weight is 335 g/mol. The lowest BCUT2D eigenvalue weighted by molar-refractivity contribution is 0.0838. The number of nitrogens with zero attached hydrogens (tertiary/aromatic N) is 3. The Morgan fingerprint density at radius 2 is 2.16 bits per heavy atom. The fraction of sp³-hybridized carbons (Fsp3) is 0.263. The first kappa shape index (κ1) is 15.5. The van der Waals surface area contributed by atoms with Gasteiger partial charge in [-0.05, 0) is 36.8 Å². The minimum absolute atomic E-state index is 0.0612. The summed E-state index contributed by atoms with van der Waals surface area (Å²) in [5.74, 6) is 1.57. The third-order valence-electron chi connectivity index (χ3n) is 4.19. The maximum Gasteiger partial charge on any atom is 0.258 e. The van der Waals surface area contributed by atoms with Gasteiger partial charge in [0.25, 0.3) is 5.89 Å². The molecule has 6 nitrogen and oxygen atoms in total. The zero-order chi connectivity index (χ0) is 17.2. The number of pyridine rings is 1. The predicted molar refractivity (Wildman–Crippen MR) is 91.2 cm³/mol. The van der Waals surface area contributed by atoms with Gasteiger partial charge in [-0.3, -0.25) is 9.78 Å². The van der Waals surface area contributed by atoms with Crippen LogP contribution >= 0.6 is 0 Å². The molecule has 6 heteroatoms. The molecule has 0 N–H and O–H groups in total. The van der Waals surface area contributed by atoms with E-state index in [1.54, 1.807) is 30.6 Å². The Labute approximate surface area is 144 Å². The van der Waals surface area contributed by atoms with Crippen LogP contribution in [-0.2, 0) is 0 Å². The number of rotatable bonds is 4. The van der Waals surface area contributed by atoms with Gasteiger partial charge in [-0.2, -0.15) is 4.98 Å². The second-order valence-electron chi connectivity index (χ2n) is 6.03. The van der Waals surface area contributed by atoms with Crippen LogP contribution in [0.1, 0.15) is 36.5 Å². The standard InChI is InChI=1S/C19H17N3O3/c1-2-4-14-10-16(23)15-7-6-12(9-17(15)24-14)19-21-18(22-25-19)13-5-3-8-20-11-13/h3,5-9,11,14H,2,4,10H2,1H3. The molecule has 1 aromatic carbocycles. The Hall–Kier alpha value is -3.02. The number of Topliss-reactive ketones (excluding diaryl/α,β-unsaturated/α-hetero) is 1. The fourth-order valence-electron chi connectivity index (χ4n) is 2.96. The van der Waals surface area contributed by atoms with Crippen molar-refractivity contribution in [2.24, 2.45) is 0 Å². The van der Waals surface area contributed by atoms with Crippen LogP contribution in [0, 0.1) is 0 Å². The van der Waals surface area contributed by atoms with Gasteiger partial charge in [-0.25, -0.2) is 0 Å². The lowest BCUT2D eigenvalue weighted by atomic mass is 9.97. The van der Waals surface area contributed by atoms with Crippen molar-refractivity contribution in [2.75, 3.05) is 0 Å². The zero-order valence-electron chi connectivity index (χ0n) is 13.8. The maximum atomic E-state index is 12.3. The number of aromatic nitrogens is 3. The monoisotopic (exact) mass is 335 g/mol. The second kappa shape index (κ2) is 6.47. The fourth-order valence-corrected chi connectivity index (χ4v) is 2.96. The number of carbonyl (C=O) groups is 1. The first-order chi connectivity index (χ1) is 12.2. The Morgan fingerprint density at radius 3 is 2.96 bits per heavy atom. The molecule has 3 heterocycles. The van der Waals surface area contributed by atoms with E-state index in [0.29, 0.717) is 29.4 Å². The van der Waals surface area contributed by atoms with Crippen LogP contribution in [0.4, 0.5) is 0 Å². The summed E-state index contributed by atoms with van der Waals surface area (Å²) >= 11 is 0. The minimum atomic E-state index is -0.0612. The number of hydrogen-bond donors (Lipinski definition) is 0. The molecule has 0 amide bonds. The summed E-state index contributed by atoms with van der Waals surface area (Å²) in [6, 6.07) is 9.06. The molecule has 4 rings (SSSR count). The van der Waals surface area contributed by atoms with Crippen molar-refractivity contribution in [3.63, 3.8) is 0 Å². The van der Waals surface area contributed by atoms with Gasteiger partial charge in [0.1, 0.15) is 11.9 Å². The molecule has 0 saturated heterocycles. The summed E-state index contributed by atoms with van der Waals surface area (Å²) in [5.41, 5.74) is 2.12. The number of hydrogen-bond acceptors (Lipinski definition) is 6. The molecule has 25 heavy (non-hydrogen) atoms. The molecule has 1 atom stereocenters. The molecule has 0 saturated carbocycles. The number of ether oxygens (including phenoxy) is 1. The van der Waals surface area contributed by atoms with Gasteiger partial charge in [0.05, 0.1) is 5.56 Å². The third kappa shape index (κ3) is 3.03. The predicted octanol–water partition coefficient (Wildman–Crippen LogP) is 3.93. The SMILES string of the molecule is CCCC1CC(=O)c2ccc(-c3nc(-c4cccnc4)no3)cc2O1. The van der Waals surface area contributed by atoms with Gasteiger partial charge in [0.2, 0.25) is 5.82 Å². The van der Waals surface area contributed by atoms with Crippen LogP contribution in [0.15, 0.2) is 47.2 Å². The van der Waals surface area contributed by atoms with Crippen LogP contribution in [0.25, 0.3) is 22.8 Å². The Kier molecular flexibility index (Phi) is 4.01. The largest absolute Gasteiger partial charge is 0.489 e. The molecule has 3 aromatic rings. The highest BCUT2D eigenvalue weighted by Crippen LogP contribution is 2.33. The highest BCUT2D eigenvalue weighted by molar-refractivity contribution is 6.00. The molecule has 126 valence electrons. The number of fused-ring (bicyclic) bond motifs is 1. The van der Waals surface area contributed by atoms with Crippen LogP contribution in [0.2, 0.25) is 0 Å². The first-order valence-corrected chi connectivity index (χ1v) is 8.33. The Balaban J connectivity index is 1.65. The molecular weight excluding hydrogens is 318 g/mol. The van der Waals surface area contributed by atoms with E-state index in [9.17, 15) is 4.79 Å². The molecule has 0 aliphatic carbocycles. The van der Waals surface area contributed by atoms with Gasteiger partial charge in [0.15, 0.2) is 5.78 Å². The van der Waals surface area contributed by atoms with Gasteiger partial charge >= 0.3 is 0 Å². The van der Waals surface area contributed by atoms with Crippen molar-refractivity contribution in [3.8, 4) is 28.6 Å².